The number of likely N-dealkylation sites (tertiary alicyclic amines) is 1. The third-order valence-corrected chi connectivity index (χ3v) is 5.00. The molecule has 0 bridgehead atoms. The van der Waals surface area contributed by atoms with E-state index in [9.17, 15) is 14.7 Å². The van der Waals surface area contributed by atoms with E-state index in [0.717, 1.165) is 0 Å². The van der Waals surface area contributed by atoms with Gasteiger partial charge in [0.2, 0.25) is 5.91 Å². The summed E-state index contributed by atoms with van der Waals surface area (Å²) in [5, 5.41) is 22.8. The average Bonchev–Trinajstić information content (AvgIpc) is 3.32. The number of hydroxylamine groups is 1. The van der Waals surface area contributed by atoms with Crippen molar-refractivity contribution < 1.29 is 24.1 Å². The van der Waals surface area contributed by atoms with E-state index in [0.29, 0.717) is 22.8 Å². The normalized spacial score (nSPS) is 19.4. The first-order valence-corrected chi connectivity index (χ1v) is 9.68. The average molecular weight is 412 g/mol. The van der Waals surface area contributed by atoms with Crippen LogP contribution in [0.1, 0.15) is 43.2 Å². The maximum Gasteiger partial charge on any atom is 0.275 e. The number of aliphatic hydroxyl groups excluding tert-OH is 1. The van der Waals surface area contributed by atoms with Crippen LogP contribution in [0.15, 0.2) is 34.9 Å². The first-order chi connectivity index (χ1) is 14.3. The molecular weight excluding hydrogens is 388 g/mol. The highest BCUT2D eigenvalue weighted by Crippen LogP contribution is 2.31. The number of aromatic nitrogens is 1. The molecule has 2 N–H and O–H groups in total. The number of benzene rings is 1. The summed E-state index contributed by atoms with van der Waals surface area (Å²) < 4.78 is 5.31. The Bertz CT molecular complexity index is 947. The highest BCUT2D eigenvalue weighted by molar-refractivity contribution is 5.91. The maximum absolute atomic E-state index is 13.3. The van der Waals surface area contributed by atoms with Crippen molar-refractivity contribution in [3.63, 3.8) is 0 Å². The summed E-state index contributed by atoms with van der Waals surface area (Å²) in [5.41, 5.74) is 3.46. The lowest BCUT2D eigenvalue weighted by atomic mass is 9.91. The second-order valence-electron chi connectivity index (χ2n) is 7.69. The summed E-state index contributed by atoms with van der Waals surface area (Å²) in [4.78, 5) is 32.6. The van der Waals surface area contributed by atoms with E-state index in [1.165, 1.54) is 4.90 Å². The monoisotopic (exact) mass is 412 g/mol. The Morgan fingerprint density at radius 2 is 2.07 bits per heavy atom. The van der Waals surface area contributed by atoms with Crippen LogP contribution in [0.2, 0.25) is 0 Å². The largest absolute Gasteiger partial charge is 0.391 e. The second kappa shape index (κ2) is 8.97. The van der Waals surface area contributed by atoms with Gasteiger partial charge >= 0.3 is 0 Å². The highest BCUT2D eigenvalue weighted by atomic mass is 16.7. The van der Waals surface area contributed by atoms with Crippen LogP contribution in [0.3, 0.4) is 0 Å². The fraction of sp³-hybridized carbons (Fsp3) is 0.429. The lowest BCUT2D eigenvalue weighted by Gasteiger charge is -2.28. The van der Waals surface area contributed by atoms with Gasteiger partial charge in [-0.05, 0) is 37.1 Å². The molecule has 2 amide bonds. The molecule has 30 heavy (non-hydrogen) atoms. The Morgan fingerprint density at radius 1 is 1.37 bits per heavy atom. The number of carbonyl (C=O) groups is 2. The number of hydrogen-bond acceptors (Lipinski definition) is 7. The fourth-order valence-electron chi connectivity index (χ4n) is 3.52. The number of nitrogens with zero attached hydrogens (tertiary/aromatic N) is 3. The van der Waals surface area contributed by atoms with Crippen LogP contribution in [0.25, 0.3) is 0 Å². The van der Waals surface area contributed by atoms with Crippen molar-refractivity contribution in [2.24, 2.45) is 5.92 Å². The van der Waals surface area contributed by atoms with Crippen molar-refractivity contribution in [3.05, 3.63) is 47.3 Å². The van der Waals surface area contributed by atoms with E-state index < -0.39 is 24.0 Å². The highest BCUT2D eigenvalue weighted by Gasteiger charge is 2.43. The van der Waals surface area contributed by atoms with Crippen LogP contribution in [0.5, 0.6) is 5.75 Å². The smallest absolute Gasteiger partial charge is 0.275 e. The van der Waals surface area contributed by atoms with E-state index in [-0.39, 0.29) is 24.8 Å². The molecule has 2 heterocycles. The molecule has 1 aromatic carbocycles. The molecule has 0 spiro atoms. The Hall–Kier alpha value is -3.38. The summed E-state index contributed by atoms with van der Waals surface area (Å²) >= 11 is 0. The van der Waals surface area contributed by atoms with Gasteiger partial charge in [-0.15, -0.1) is 0 Å². The lowest BCUT2D eigenvalue weighted by molar-refractivity contribution is -0.143. The second-order valence-corrected chi connectivity index (χ2v) is 7.69. The first-order valence-electron chi connectivity index (χ1n) is 9.68. The quantitative estimate of drug-likeness (QED) is 0.691. The number of carbonyl (C=O) groups excluding carboxylic acids is 2. The molecule has 1 aliphatic heterocycles. The topological polar surface area (TPSA) is 129 Å². The van der Waals surface area contributed by atoms with Crippen LogP contribution in [-0.2, 0) is 9.59 Å². The summed E-state index contributed by atoms with van der Waals surface area (Å²) in [7, 11) is 0. The zero-order valence-electron chi connectivity index (χ0n) is 17.0. The zero-order valence-corrected chi connectivity index (χ0v) is 17.0. The molecule has 9 heteroatoms. The molecular formula is C21H24N4O5. The molecule has 0 aliphatic carbocycles. The first kappa shape index (κ1) is 21.3. The number of aryl methyl sites for hydroxylation is 1. The molecule has 3 atom stereocenters. The van der Waals surface area contributed by atoms with E-state index in [1.807, 2.05) is 19.9 Å². The third kappa shape index (κ3) is 4.60. The number of amides is 2. The van der Waals surface area contributed by atoms with Gasteiger partial charge in [-0.1, -0.05) is 19.0 Å². The Kier molecular flexibility index (Phi) is 6.37. The number of β-amino-alcohol motifs (C(OH)–C–C–N with tert-alkyl or cyclic N) is 1. The van der Waals surface area contributed by atoms with Gasteiger partial charge in [0.1, 0.15) is 17.7 Å². The van der Waals surface area contributed by atoms with Crippen molar-refractivity contribution >= 4 is 11.8 Å². The molecule has 0 saturated carbocycles. The number of hydrogen-bond donors (Lipinski definition) is 2. The zero-order chi connectivity index (χ0) is 21.8. The molecule has 0 radical (unpaired) electrons. The molecule has 0 unspecified atom stereocenters. The van der Waals surface area contributed by atoms with Crippen LogP contribution in [0.4, 0.5) is 0 Å². The molecule has 1 saturated heterocycles. The number of aliphatic hydroxyl groups is 1. The van der Waals surface area contributed by atoms with E-state index >= 15 is 0 Å². The minimum Gasteiger partial charge on any atom is -0.391 e. The van der Waals surface area contributed by atoms with Crippen molar-refractivity contribution in [3.8, 4) is 11.8 Å². The van der Waals surface area contributed by atoms with Gasteiger partial charge in [0.05, 0.1) is 23.4 Å². The molecule has 1 aliphatic rings. The van der Waals surface area contributed by atoms with Crippen LogP contribution in [0, 0.1) is 24.2 Å². The van der Waals surface area contributed by atoms with Crippen molar-refractivity contribution in [1.82, 2.24) is 15.5 Å². The minimum atomic E-state index is -0.879. The van der Waals surface area contributed by atoms with Gasteiger partial charge in [-0.3, -0.25) is 9.59 Å². The summed E-state index contributed by atoms with van der Waals surface area (Å²) in [6.45, 7) is 5.58. The predicted octanol–water partition coefficient (Wildman–Crippen LogP) is 1.67. The van der Waals surface area contributed by atoms with Crippen LogP contribution >= 0.6 is 0 Å². The van der Waals surface area contributed by atoms with Gasteiger partial charge in [0, 0.05) is 19.0 Å². The van der Waals surface area contributed by atoms with E-state index in [2.05, 4.69) is 10.6 Å². The molecule has 3 rings (SSSR count). The van der Waals surface area contributed by atoms with Crippen LogP contribution in [-0.4, -0.2) is 45.7 Å². The summed E-state index contributed by atoms with van der Waals surface area (Å²) in [5.74, 6) is -0.790. The van der Waals surface area contributed by atoms with E-state index in [4.69, 9.17) is 14.6 Å². The SMILES string of the molecule is Cc1cc([C@@H](C(=O)N2C[C@H](O)C[C@H]2C(=O)NOc2ccc(C#N)cc2)C(C)C)on1. The molecule has 1 fully saturated rings. The Balaban J connectivity index is 1.72. The number of rotatable bonds is 6. The standard InChI is InChI=1S/C21H24N4O5/c1-12(2)19(18-8-13(3)23-30-18)21(28)25-11-15(26)9-17(25)20(27)24-29-16-6-4-14(10-22)5-7-16/h4-8,12,15,17,19,26H,9,11H2,1-3H3,(H,24,27)/t15-,17+,19+/m1/s1. The van der Waals surface area contributed by atoms with Crippen molar-refractivity contribution in [2.45, 2.75) is 45.3 Å². The molecule has 9 nitrogen and oxygen atoms in total. The summed E-state index contributed by atoms with van der Waals surface area (Å²) in [6.07, 6.45) is -0.710. The van der Waals surface area contributed by atoms with Crippen LogP contribution < -0.4 is 10.3 Å². The Morgan fingerprint density at radius 3 is 2.63 bits per heavy atom. The lowest BCUT2D eigenvalue weighted by Crippen LogP contribution is -2.48. The maximum atomic E-state index is 13.3. The number of nitrogens with one attached hydrogen (secondary N) is 1. The number of nitriles is 1. The van der Waals surface area contributed by atoms with Gasteiger partial charge < -0.3 is 19.4 Å². The Labute approximate surface area is 174 Å². The molecule has 158 valence electrons. The minimum absolute atomic E-state index is 0.0458. The van der Waals surface area contributed by atoms with Gasteiger partial charge in [0.25, 0.3) is 5.91 Å². The molecule has 2 aromatic rings. The van der Waals surface area contributed by atoms with Gasteiger partial charge in [-0.25, -0.2) is 0 Å². The molecule has 1 aromatic heterocycles. The third-order valence-electron chi connectivity index (χ3n) is 5.00. The van der Waals surface area contributed by atoms with Crippen molar-refractivity contribution in [2.75, 3.05) is 6.54 Å². The predicted molar refractivity (Wildman–Crippen MR) is 105 cm³/mol. The summed E-state index contributed by atoms with van der Waals surface area (Å²) in [6, 6.07) is 9.04. The van der Waals surface area contributed by atoms with Gasteiger partial charge in [-0.2, -0.15) is 10.7 Å². The van der Waals surface area contributed by atoms with Crippen molar-refractivity contribution in [1.29, 1.82) is 5.26 Å². The van der Waals surface area contributed by atoms with E-state index in [1.54, 1.807) is 37.3 Å². The fourth-order valence-corrected chi connectivity index (χ4v) is 3.52. The van der Waals surface area contributed by atoms with Gasteiger partial charge in [0.15, 0.2) is 5.75 Å².